The molecule has 0 aromatic carbocycles. The van der Waals surface area contributed by atoms with Crippen LogP contribution in [-0.4, -0.2) is 12.6 Å². The summed E-state index contributed by atoms with van der Waals surface area (Å²) in [6.07, 6.45) is 9.71. The van der Waals surface area contributed by atoms with Crippen molar-refractivity contribution in [1.29, 1.82) is 0 Å². The van der Waals surface area contributed by atoms with Gasteiger partial charge in [0.2, 0.25) is 0 Å². The molecular formula is C16H27NOS. The molecule has 0 saturated heterocycles. The van der Waals surface area contributed by atoms with Gasteiger partial charge in [0.25, 0.3) is 0 Å². The van der Waals surface area contributed by atoms with E-state index in [4.69, 9.17) is 4.74 Å². The van der Waals surface area contributed by atoms with Crippen molar-refractivity contribution in [1.82, 2.24) is 5.32 Å². The van der Waals surface area contributed by atoms with Gasteiger partial charge in [-0.1, -0.05) is 32.6 Å². The van der Waals surface area contributed by atoms with Crippen molar-refractivity contribution in [3.05, 3.63) is 21.9 Å². The van der Waals surface area contributed by atoms with Gasteiger partial charge in [-0.2, -0.15) is 0 Å². The molecule has 1 aliphatic carbocycles. The van der Waals surface area contributed by atoms with Crippen LogP contribution in [0.4, 0.5) is 0 Å². The monoisotopic (exact) mass is 281 g/mol. The molecule has 0 amide bonds. The summed E-state index contributed by atoms with van der Waals surface area (Å²) in [6, 6.07) is 4.46. The summed E-state index contributed by atoms with van der Waals surface area (Å²) >= 11 is 1.89. The highest BCUT2D eigenvalue weighted by atomic mass is 32.1. The highest BCUT2D eigenvalue weighted by Crippen LogP contribution is 2.23. The topological polar surface area (TPSA) is 21.3 Å². The number of ether oxygens (including phenoxy) is 1. The van der Waals surface area contributed by atoms with Gasteiger partial charge < -0.3 is 10.1 Å². The summed E-state index contributed by atoms with van der Waals surface area (Å²) in [5.74, 6) is 0. The van der Waals surface area contributed by atoms with E-state index in [0.717, 1.165) is 19.7 Å². The Kier molecular flexibility index (Phi) is 6.90. The molecule has 0 bridgehead atoms. The van der Waals surface area contributed by atoms with Crippen LogP contribution >= 0.6 is 11.3 Å². The maximum absolute atomic E-state index is 6.08. The number of hydrogen-bond donors (Lipinski definition) is 1. The van der Waals surface area contributed by atoms with Gasteiger partial charge in [-0.15, -0.1) is 11.3 Å². The lowest BCUT2D eigenvalue weighted by atomic mass is 10.1. The number of thiophene rings is 1. The first-order valence-corrected chi connectivity index (χ1v) is 8.60. The zero-order chi connectivity index (χ0) is 13.3. The molecule has 19 heavy (non-hydrogen) atoms. The molecule has 1 heterocycles. The molecular weight excluding hydrogens is 254 g/mol. The van der Waals surface area contributed by atoms with Crippen LogP contribution in [0.15, 0.2) is 12.1 Å². The predicted molar refractivity (Wildman–Crippen MR) is 82.6 cm³/mol. The fraction of sp³-hybridized carbons (Fsp3) is 0.750. The average molecular weight is 281 g/mol. The third-order valence-electron chi connectivity index (χ3n) is 3.71. The Hall–Kier alpha value is -0.380. The second-order valence-electron chi connectivity index (χ2n) is 5.47. The van der Waals surface area contributed by atoms with Gasteiger partial charge in [-0.05, 0) is 37.9 Å². The van der Waals surface area contributed by atoms with Crippen LogP contribution in [0.3, 0.4) is 0 Å². The lowest BCUT2D eigenvalue weighted by Crippen LogP contribution is -2.12. The Balaban J connectivity index is 1.70. The Morgan fingerprint density at radius 3 is 2.63 bits per heavy atom. The maximum atomic E-state index is 6.08. The highest BCUT2D eigenvalue weighted by molar-refractivity contribution is 7.11. The smallest absolute Gasteiger partial charge is 0.0813 e. The highest BCUT2D eigenvalue weighted by Gasteiger charge is 2.12. The standard InChI is InChI=1S/C16H27NOS/c1-2-11-17-12-15-9-10-16(19-15)13-18-14-7-5-3-4-6-8-14/h9-10,14,17H,2-8,11-13H2,1H3. The van der Waals surface area contributed by atoms with Crippen molar-refractivity contribution in [3.63, 3.8) is 0 Å². The predicted octanol–water partition coefficient (Wildman–Crippen LogP) is 4.49. The molecule has 0 atom stereocenters. The van der Waals surface area contributed by atoms with Crippen LogP contribution in [0, 0.1) is 0 Å². The lowest BCUT2D eigenvalue weighted by Gasteiger charge is -2.14. The summed E-state index contributed by atoms with van der Waals surface area (Å²) in [5.41, 5.74) is 0. The van der Waals surface area contributed by atoms with Crippen molar-refractivity contribution >= 4 is 11.3 Å². The number of hydrogen-bond acceptors (Lipinski definition) is 3. The number of nitrogens with one attached hydrogen (secondary N) is 1. The molecule has 2 rings (SSSR count). The molecule has 1 fully saturated rings. The molecule has 1 aliphatic rings. The van der Waals surface area contributed by atoms with Crippen molar-refractivity contribution in [3.8, 4) is 0 Å². The summed E-state index contributed by atoms with van der Waals surface area (Å²) < 4.78 is 6.08. The second kappa shape index (κ2) is 8.72. The first kappa shape index (κ1) is 15.0. The molecule has 3 heteroatoms. The van der Waals surface area contributed by atoms with Gasteiger partial charge in [-0.25, -0.2) is 0 Å². The van der Waals surface area contributed by atoms with E-state index in [1.54, 1.807) is 0 Å². The minimum atomic E-state index is 0.506. The molecule has 1 N–H and O–H groups in total. The van der Waals surface area contributed by atoms with E-state index in [-0.39, 0.29) is 0 Å². The van der Waals surface area contributed by atoms with Crippen LogP contribution in [-0.2, 0) is 17.9 Å². The number of rotatable bonds is 7. The first-order valence-electron chi connectivity index (χ1n) is 7.78. The SMILES string of the molecule is CCCNCc1ccc(COC2CCCCCC2)s1. The molecule has 0 aliphatic heterocycles. The maximum Gasteiger partial charge on any atom is 0.0813 e. The van der Waals surface area contributed by atoms with E-state index >= 15 is 0 Å². The molecule has 108 valence electrons. The Morgan fingerprint density at radius 2 is 1.89 bits per heavy atom. The Labute approximate surface area is 121 Å². The fourth-order valence-corrected chi connectivity index (χ4v) is 3.50. The van der Waals surface area contributed by atoms with Gasteiger partial charge in [0.1, 0.15) is 0 Å². The van der Waals surface area contributed by atoms with Crippen LogP contribution < -0.4 is 5.32 Å². The average Bonchev–Trinajstić information content (AvgIpc) is 2.71. The zero-order valence-corrected chi connectivity index (χ0v) is 12.9. The van der Waals surface area contributed by atoms with E-state index in [0.29, 0.717) is 6.10 Å². The summed E-state index contributed by atoms with van der Waals surface area (Å²) in [4.78, 5) is 2.80. The van der Waals surface area contributed by atoms with Crippen LogP contribution in [0.5, 0.6) is 0 Å². The minimum Gasteiger partial charge on any atom is -0.373 e. The van der Waals surface area contributed by atoms with E-state index < -0.39 is 0 Å². The Bertz CT molecular complexity index is 342. The van der Waals surface area contributed by atoms with E-state index in [2.05, 4.69) is 24.4 Å². The van der Waals surface area contributed by atoms with Crippen LogP contribution in [0.25, 0.3) is 0 Å². The normalized spacial score (nSPS) is 17.5. The summed E-state index contributed by atoms with van der Waals surface area (Å²) in [6.45, 7) is 5.12. The van der Waals surface area contributed by atoms with Gasteiger partial charge in [0, 0.05) is 16.3 Å². The van der Waals surface area contributed by atoms with Gasteiger partial charge in [-0.3, -0.25) is 0 Å². The molecule has 2 nitrogen and oxygen atoms in total. The molecule has 1 aromatic rings. The molecule has 0 spiro atoms. The van der Waals surface area contributed by atoms with Crippen LogP contribution in [0.2, 0.25) is 0 Å². The van der Waals surface area contributed by atoms with Gasteiger partial charge in [0.05, 0.1) is 12.7 Å². The Morgan fingerprint density at radius 1 is 1.16 bits per heavy atom. The van der Waals surface area contributed by atoms with Crippen molar-refractivity contribution < 1.29 is 4.74 Å². The van der Waals surface area contributed by atoms with Crippen molar-refractivity contribution in [2.24, 2.45) is 0 Å². The van der Waals surface area contributed by atoms with Crippen molar-refractivity contribution in [2.45, 2.75) is 71.1 Å². The minimum absolute atomic E-state index is 0.506. The van der Waals surface area contributed by atoms with Gasteiger partial charge in [0.15, 0.2) is 0 Å². The summed E-state index contributed by atoms with van der Waals surface area (Å²) in [7, 11) is 0. The third-order valence-corrected chi connectivity index (χ3v) is 4.77. The largest absolute Gasteiger partial charge is 0.373 e. The quantitative estimate of drug-likeness (QED) is 0.587. The molecule has 1 aromatic heterocycles. The zero-order valence-electron chi connectivity index (χ0n) is 12.1. The third kappa shape index (κ3) is 5.64. The van der Waals surface area contributed by atoms with E-state index in [1.807, 2.05) is 11.3 Å². The lowest BCUT2D eigenvalue weighted by molar-refractivity contribution is 0.0324. The second-order valence-corrected chi connectivity index (χ2v) is 6.72. The van der Waals surface area contributed by atoms with E-state index in [1.165, 1.54) is 54.7 Å². The summed E-state index contributed by atoms with van der Waals surface area (Å²) in [5, 5.41) is 3.45. The molecule has 0 unspecified atom stereocenters. The molecule has 0 radical (unpaired) electrons. The van der Waals surface area contributed by atoms with Crippen molar-refractivity contribution in [2.75, 3.05) is 6.54 Å². The van der Waals surface area contributed by atoms with E-state index in [9.17, 15) is 0 Å². The fourth-order valence-electron chi connectivity index (χ4n) is 2.59. The first-order chi connectivity index (χ1) is 9.38. The molecule has 1 saturated carbocycles. The van der Waals surface area contributed by atoms with Gasteiger partial charge >= 0.3 is 0 Å². The van der Waals surface area contributed by atoms with Crippen LogP contribution in [0.1, 0.15) is 61.6 Å².